The van der Waals surface area contributed by atoms with Gasteiger partial charge < -0.3 is 0 Å². The molecule has 0 aliphatic heterocycles. The Labute approximate surface area is 108 Å². The number of rotatable bonds is 1. The van der Waals surface area contributed by atoms with Crippen LogP contribution in [-0.4, -0.2) is 11.2 Å². The summed E-state index contributed by atoms with van der Waals surface area (Å²) < 4.78 is 37.4. The summed E-state index contributed by atoms with van der Waals surface area (Å²) in [5.41, 5.74) is -0.285. The number of hydrogen-bond acceptors (Lipinski definition) is 2. The highest BCUT2D eigenvalue weighted by molar-refractivity contribution is 7.98. The van der Waals surface area contributed by atoms with E-state index in [-0.39, 0.29) is 0 Å². The number of benzene rings is 1. The molecular formula is C13H14F3NS. The summed E-state index contributed by atoms with van der Waals surface area (Å²) >= 11 is 1.49. The van der Waals surface area contributed by atoms with Crippen LogP contribution in [0.15, 0.2) is 35.4 Å². The van der Waals surface area contributed by atoms with E-state index >= 15 is 0 Å². The molecule has 1 aromatic heterocycles. The number of alkyl halides is 3. The summed E-state index contributed by atoms with van der Waals surface area (Å²) in [5.74, 6) is 0. The second kappa shape index (κ2) is 6.09. The van der Waals surface area contributed by atoms with E-state index in [1.54, 1.807) is 6.07 Å². The monoisotopic (exact) mass is 273 g/mol. The molecular weight excluding hydrogens is 259 g/mol. The van der Waals surface area contributed by atoms with Gasteiger partial charge in [0.2, 0.25) is 0 Å². The van der Waals surface area contributed by atoms with E-state index in [2.05, 4.69) is 4.98 Å². The summed E-state index contributed by atoms with van der Waals surface area (Å²) in [6.45, 7) is 4.00. The lowest BCUT2D eigenvalue weighted by Gasteiger charge is -2.08. The summed E-state index contributed by atoms with van der Waals surface area (Å²) in [6.07, 6.45) is -0.911. The maximum absolute atomic E-state index is 12.5. The van der Waals surface area contributed by atoms with Crippen molar-refractivity contribution in [2.75, 3.05) is 6.26 Å². The van der Waals surface area contributed by atoms with Gasteiger partial charge in [0.1, 0.15) is 0 Å². The third-order valence-corrected chi connectivity index (χ3v) is 3.05. The average molecular weight is 273 g/mol. The molecule has 0 saturated heterocycles. The number of pyridine rings is 1. The molecule has 0 aliphatic rings. The van der Waals surface area contributed by atoms with Crippen LogP contribution in [-0.2, 0) is 6.18 Å². The Morgan fingerprint density at radius 2 is 1.78 bits per heavy atom. The minimum absolute atomic E-state index is 0.377. The van der Waals surface area contributed by atoms with Crippen LogP contribution in [0.2, 0.25) is 0 Å². The molecule has 0 atom stereocenters. The number of nitrogens with zero attached hydrogens (tertiary/aromatic N) is 1. The van der Waals surface area contributed by atoms with E-state index in [1.165, 1.54) is 24.0 Å². The van der Waals surface area contributed by atoms with Crippen LogP contribution in [0, 0.1) is 0 Å². The highest BCUT2D eigenvalue weighted by Gasteiger charge is 2.30. The van der Waals surface area contributed by atoms with E-state index in [0.29, 0.717) is 5.52 Å². The van der Waals surface area contributed by atoms with Crippen molar-refractivity contribution in [2.24, 2.45) is 0 Å². The van der Waals surface area contributed by atoms with Crippen molar-refractivity contribution in [1.82, 2.24) is 4.98 Å². The molecule has 0 bridgehead atoms. The molecule has 0 amide bonds. The van der Waals surface area contributed by atoms with Gasteiger partial charge in [0, 0.05) is 16.5 Å². The van der Waals surface area contributed by atoms with Gasteiger partial charge in [0.15, 0.2) is 0 Å². The topological polar surface area (TPSA) is 12.9 Å². The van der Waals surface area contributed by atoms with Gasteiger partial charge in [0.05, 0.1) is 11.1 Å². The van der Waals surface area contributed by atoms with Gasteiger partial charge in [-0.15, -0.1) is 11.8 Å². The van der Waals surface area contributed by atoms with Gasteiger partial charge in [0.25, 0.3) is 0 Å². The zero-order chi connectivity index (χ0) is 13.8. The molecule has 0 aliphatic carbocycles. The molecule has 18 heavy (non-hydrogen) atoms. The number of hydrogen-bond donors (Lipinski definition) is 0. The van der Waals surface area contributed by atoms with Crippen molar-refractivity contribution < 1.29 is 13.2 Å². The van der Waals surface area contributed by atoms with Gasteiger partial charge in [-0.2, -0.15) is 13.2 Å². The zero-order valence-corrected chi connectivity index (χ0v) is 11.2. The zero-order valence-electron chi connectivity index (χ0n) is 10.4. The second-order valence-corrected chi connectivity index (χ2v) is 4.09. The van der Waals surface area contributed by atoms with Crippen molar-refractivity contribution in [3.05, 3.63) is 36.0 Å². The summed E-state index contributed by atoms with van der Waals surface area (Å²) in [7, 11) is 0. The first kappa shape index (κ1) is 14.8. The van der Waals surface area contributed by atoms with Crippen molar-refractivity contribution in [2.45, 2.75) is 24.9 Å². The fraction of sp³-hybridized carbons (Fsp3) is 0.308. The van der Waals surface area contributed by atoms with Gasteiger partial charge >= 0.3 is 6.18 Å². The molecule has 0 unspecified atom stereocenters. The predicted molar refractivity (Wildman–Crippen MR) is 69.9 cm³/mol. The second-order valence-electron chi connectivity index (χ2n) is 3.24. The standard InChI is InChI=1S/C11H8F3NS.C2H6/c1-16-10-4-5-15-9-6-7(11(12,13)14)2-3-8(9)10;1-2/h2-6H,1H3;1-2H3. The van der Waals surface area contributed by atoms with Crippen molar-refractivity contribution >= 4 is 22.7 Å². The lowest BCUT2D eigenvalue weighted by Crippen LogP contribution is -2.04. The van der Waals surface area contributed by atoms with Gasteiger partial charge in [-0.1, -0.05) is 19.9 Å². The van der Waals surface area contributed by atoms with E-state index in [4.69, 9.17) is 0 Å². The molecule has 98 valence electrons. The normalized spacial score (nSPS) is 11.0. The van der Waals surface area contributed by atoms with Crippen LogP contribution in [0.25, 0.3) is 10.9 Å². The SMILES string of the molecule is CC.CSc1ccnc2cc(C(F)(F)F)ccc12. The van der Waals surface area contributed by atoms with Crippen LogP contribution < -0.4 is 0 Å². The summed E-state index contributed by atoms with van der Waals surface area (Å²) in [6, 6.07) is 5.43. The first-order valence-corrected chi connectivity index (χ1v) is 6.75. The fourth-order valence-electron chi connectivity index (χ4n) is 1.48. The molecule has 0 spiro atoms. The van der Waals surface area contributed by atoms with Crippen molar-refractivity contribution in [3.8, 4) is 0 Å². The van der Waals surface area contributed by atoms with Crippen molar-refractivity contribution in [3.63, 3.8) is 0 Å². The molecule has 2 rings (SSSR count). The van der Waals surface area contributed by atoms with Crippen LogP contribution in [0.5, 0.6) is 0 Å². The van der Waals surface area contributed by atoms with E-state index in [9.17, 15) is 13.2 Å². The molecule has 2 aromatic rings. The molecule has 0 N–H and O–H groups in total. The van der Waals surface area contributed by atoms with Crippen molar-refractivity contribution in [1.29, 1.82) is 0 Å². The number of fused-ring (bicyclic) bond motifs is 1. The predicted octanol–water partition coefficient (Wildman–Crippen LogP) is 5.00. The van der Waals surface area contributed by atoms with Gasteiger partial charge in [-0.3, -0.25) is 4.98 Å². The molecule has 1 heterocycles. The minimum atomic E-state index is -4.31. The van der Waals surface area contributed by atoms with Gasteiger partial charge in [-0.25, -0.2) is 0 Å². The van der Waals surface area contributed by atoms with Gasteiger partial charge in [-0.05, 0) is 24.5 Å². The van der Waals surface area contributed by atoms with E-state index in [1.807, 2.05) is 20.1 Å². The lowest BCUT2D eigenvalue weighted by molar-refractivity contribution is -0.137. The lowest BCUT2D eigenvalue weighted by atomic mass is 10.1. The molecule has 0 saturated carbocycles. The van der Waals surface area contributed by atoms with Crippen LogP contribution in [0.4, 0.5) is 13.2 Å². The van der Waals surface area contributed by atoms with Crippen LogP contribution in [0.1, 0.15) is 19.4 Å². The maximum atomic E-state index is 12.5. The molecule has 0 radical (unpaired) electrons. The van der Waals surface area contributed by atoms with E-state index < -0.39 is 11.7 Å². The number of halogens is 3. The Morgan fingerprint density at radius 3 is 2.33 bits per heavy atom. The number of thioether (sulfide) groups is 1. The minimum Gasteiger partial charge on any atom is -0.256 e. The third-order valence-electron chi connectivity index (χ3n) is 2.25. The fourth-order valence-corrected chi connectivity index (χ4v) is 2.07. The summed E-state index contributed by atoms with van der Waals surface area (Å²) in [4.78, 5) is 4.88. The smallest absolute Gasteiger partial charge is 0.256 e. The number of aromatic nitrogens is 1. The Hall–Kier alpha value is -1.23. The first-order valence-electron chi connectivity index (χ1n) is 5.52. The Kier molecular flexibility index (Phi) is 5.02. The summed E-state index contributed by atoms with van der Waals surface area (Å²) in [5, 5.41) is 0.753. The van der Waals surface area contributed by atoms with E-state index in [0.717, 1.165) is 22.4 Å². The largest absolute Gasteiger partial charge is 0.416 e. The molecule has 5 heteroatoms. The maximum Gasteiger partial charge on any atom is 0.416 e. The third kappa shape index (κ3) is 3.16. The average Bonchev–Trinajstić information content (AvgIpc) is 2.38. The molecule has 1 aromatic carbocycles. The van der Waals surface area contributed by atoms with Crippen LogP contribution in [0.3, 0.4) is 0 Å². The Bertz CT molecular complexity index is 523. The Morgan fingerprint density at radius 1 is 1.11 bits per heavy atom. The molecule has 0 fully saturated rings. The highest BCUT2D eigenvalue weighted by atomic mass is 32.2. The first-order chi connectivity index (χ1) is 8.52. The highest BCUT2D eigenvalue weighted by Crippen LogP contribution is 2.32. The van der Waals surface area contributed by atoms with Crippen LogP contribution >= 0.6 is 11.8 Å². The Balaban J connectivity index is 0.000000771. The molecule has 1 nitrogen and oxygen atoms in total. The quantitative estimate of drug-likeness (QED) is 0.678.